The molecule has 2 aromatic rings. The molecular weight excluding hydrogens is 236 g/mol. The van der Waals surface area contributed by atoms with Crippen molar-refractivity contribution in [1.82, 2.24) is 4.57 Å². The van der Waals surface area contributed by atoms with Crippen molar-refractivity contribution in [1.29, 1.82) is 5.26 Å². The van der Waals surface area contributed by atoms with Gasteiger partial charge < -0.3 is 10.6 Å². The lowest BCUT2D eigenvalue weighted by Crippen LogP contribution is -2.13. The first-order valence-electron chi connectivity index (χ1n) is 6.13. The van der Waals surface area contributed by atoms with Gasteiger partial charge in [0.15, 0.2) is 0 Å². The van der Waals surface area contributed by atoms with Crippen LogP contribution in [0.4, 0.5) is 11.5 Å². The van der Waals surface area contributed by atoms with Crippen LogP contribution >= 0.6 is 0 Å². The third-order valence-corrected chi connectivity index (χ3v) is 3.47. The average molecular weight is 254 g/mol. The van der Waals surface area contributed by atoms with Crippen LogP contribution in [0, 0.1) is 25.2 Å². The number of aromatic nitrogens is 1. The predicted molar refractivity (Wildman–Crippen MR) is 78.7 cm³/mol. The number of benzene rings is 1. The third kappa shape index (κ3) is 1.93. The van der Waals surface area contributed by atoms with Crippen molar-refractivity contribution in [2.24, 2.45) is 0 Å². The molecule has 0 radical (unpaired) electrons. The summed E-state index contributed by atoms with van der Waals surface area (Å²) in [5.41, 5.74) is 10.7. The van der Waals surface area contributed by atoms with Gasteiger partial charge in [0.05, 0.1) is 16.9 Å². The number of nitrogens with two attached hydrogens (primary N) is 1. The predicted octanol–water partition coefficient (Wildman–Crippen LogP) is 2.61. The Kier molecular flexibility index (Phi) is 3.22. The van der Waals surface area contributed by atoms with E-state index in [2.05, 4.69) is 6.07 Å². The van der Waals surface area contributed by atoms with Crippen molar-refractivity contribution >= 4 is 11.5 Å². The van der Waals surface area contributed by atoms with E-state index < -0.39 is 0 Å². The van der Waals surface area contributed by atoms with Gasteiger partial charge >= 0.3 is 0 Å². The van der Waals surface area contributed by atoms with E-state index in [1.165, 1.54) is 0 Å². The number of nitrogen functional groups attached to an aromatic ring is 1. The number of nitrogens with zero attached hydrogens (tertiary/aromatic N) is 3. The average Bonchev–Trinajstić information content (AvgIpc) is 2.60. The van der Waals surface area contributed by atoms with Gasteiger partial charge in [0, 0.05) is 19.8 Å². The summed E-state index contributed by atoms with van der Waals surface area (Å²) in [7, 11) is 3.98. The summed E-state index contributed by atoms with van der Waals surface area (Å²) in [6.45, 7) is 3.91. The minimum atomic E-state index is 0.506. The van der Waals surface area contributed by atoms with Crippen molar-refractivity contribution in [2.75, 3.05) is 24.7 Å². The number of hydrogen-bond donors (Lipinski definition) is 1. The fourth-order valence-corrected chi connectivity index (χ4v) is 2.32. The van der Waals surface area contributed by atoms with Gasteiger partial charge in [0.2, 0.25) is 0 Å². The molecule has 0 aliphatic heterocycles. The van der Waals surface area contributed by atoms with E-state index in [1.807, 2.05) is 61.7 Å². The Labute approximate surface area is 113 Å². The van der Waals surface area contributed by atoms with Crippen LogP contribution in [0.15, 0.2) is 24.3 Å². The molecule has 2 N–H and O–H groups in total. The maximum absolute atomic E-state index is 9.21. The molecule has 1 aromatic heterocycles. The van der Waals surface area contributed by atoms with E-state index in [-0.39, 0.29) is 0 Å². The molecule has 0 saturated heterocycles. The largest absolute Gasteiger partial charge is 0.384 e. The van der Waals surface area contributed by atoms with Gasteiger partial charge in [-0.05, 0) is 31.5 Å². The summed E-state index contributed by atoms with van der Waals surface area (Å²) in [6.07, 6.45) is 0. The first-order valence-corrected chi connectivity index (χ1v) is 6.13. The topological polar surface area (TPSA) is 58.0 Å². The van der Waals surface area contributed by atoms with Crippen molar-refractivity contribution < 1.29 is 0 Å². The molecule has 4 heteroatoms. The van der Waals surface area contributed by atoms with Crippen LogP contribution < -0.4 is 10.6 Å². The van der Waals surface area contributed by atoms with Gasteiger partial charge in [-0.1, -0.05) is 12.1 Å². The van der Waals surface area contributed by atoms with Gasteiger partial charge in [-0.3, -0.25) is 4.57 Å². The first-order chi connectivity index (χ1) is 8.99. The highest BCUT2D eigenvalue weighted by Crippen LogP contribution is 2.31. The molecule has 0 aliphatic carbocycles. The van der Waals surface area contributed by atoms with Gasteiger partial charge in [0.1, 0.15) is 11.9 Å². The lowest BCUT2D eigenvalue weighted by Gasteiger charge is -2.20. The summed E-state index contributed by atoms with van der Waals surface area (Å²) in [4.78, 5) is 2.04. The van der Waals surface area contributed by atoms with Gasteiger partial charge in [-0.2, -0.15) is 5.26 Å². The van der Waals surface area contributed by atoms with E-state index in [1.54, 1.807) is 0 Å². The number of rotatable bonds is 2. The Morgan fingerprint density at radius 1 is 1.21 bits per heavy atom. The minimum Gasteiger partial charge on any atom is -0.384 e. The summed E-state index contributed by atoms with van der Waals surface area (Å²) >= 11 is 0. The van der Waals surface area contributed by atoms with Crippen LogP contribution in [-0.2, 0) is 0 Å². The Hall–Kier alpha value is -2.41. The maximum Gasteiger partial charge on any atom is 0.126 e. The Morgan fingerprint density at radius 3 is 2.37 bits per heavy atom. The molecule has 0 amide bonds. The van der Waals surface area contributed by atoms with Gasteiger partial charge in [-0.15, -0.1) is 0 Å². The van der Waals surface area contributed by atoms with Crippen molar-refractivity contribution in [3.05, 3.63) is 41.1 Å². The second-order valence-electron chi connectivity index (χ2n) is 4.80. The van der Waals surface area contributed by atoms with Crippen molar-refractivity contribution in [3.63, 3.8) is 0 Å². The molecular formula is C15H18N4. The summed E-state index contributed by atoms with van der Waals surface area (Å²) in [5.74, 6) is 0.506. The fourth-order valence-electron chi connectivity index (χ4n) is 2.32. The summed E-state index contributed by atoms with van der Waals surface area (Å²) in [5, 5.41) is 9.21. The molecule has 19 heavy (non-hydrogen) atoms. The van der Waals surface area contributed by atoms with E-state index in [0.29, 0.717) is 11.4 Å². The lowest BCUT2D eigenvalue weighted by molar-refractivity contribution is 0.995. The second-order valence-corrected chi connectivity index (χ2v) is 4.80. The van der Waals surface area contributed by atoms with Crippen LogP contribution in [0.1, 0.15) is 16.8 Å². The quantitative estimate of drug-likeness (QED) is 0.896. The number of nitriles is 1. The minimum absolute atomic E-state index is 0.506. The molecule has 0 atom stereocenters. The van der Waals surface area contributed by atoms with Gasteiger partial charge in [-0.25, -0.2) is 0 Å². The van der Waals surface area contributed by atoms with Crippen molar-refractivity contribution in [2.45, 2.75) is 13.8 Å². The SMILES string of the molecule is Cc1c(C#N)c(N)n(-c2ccccc2N(C)C)c1C. The van der Waals surface area contributed by atoms with Crippen LogP contribution in [-0.4, -0.2) is 18.7 Å². The molecule has 0 aliphatic rings. The highest BCUT2D eigenvalue weighted by atomic mass is 15.1. The molecule has 0 spiro atoms. The molecule has 98 valence electrons. The molecule has 0 fully saturated rings. The van der Waals surface area contributed by atoms with Crippen LogP contribution in [0.2, 0.25) is 0 Å². The molecule has 0 bridgehead atoms. The van der Waals surface area contributed by atoms with Gasteiger partial charge in [0.25, 0.3) is 0 Å². The highest BCUT2D eigenvalue weighted by molar-refractivity contribution is 5.69. The van der Waals surface area contributed by atoms with Crippen LogP contribution in [0.3, 0.4) is 0 Å². The molecule has 1 aromatic carbocycles. The van der Waals surface area contributed by atoms with Crippen molar-refractivity contribution in [3.8, 4) is 11.8 Å². The molecule has 0 saturated carbocycles. The van der Waals surface area contributed by atoms with E-state index in [9.17, 15) is 5.26 Å². The Bertz CT molecular complexity index is 660. The number of hydrogen-bond acceptors (Lipinski definition) is 3. The van der Waals surface area contributed by atoms with E-state index in [4.69, 9.17) is 5.73 Å². The maximum atomic E-state index is 9.21. The Morgan fingerprint density at radius 2 is 1.84 bits per heavy atom. The highest BCUT2D eigenvalue weighted by Gasteiger charge is 2.18. The molecule has 2 rings (SSSR count). The first kappa shape index (κ1) is 13.0. The van der Waals surface area contributed by atoms with Crippen LogP contribution in [0.5, 0.6) is 0 Å². The zero-order chi connectivity index (χ0) is 14.2. The Balaban J connectivity index is 2.78. The summed E-state index contributed by atoms with van der Waals surface area (Å²) in [6, 6.07) is 10.2. The molecule has 4 nitrogen and oxygen atoms in total. The monoisotopic (exact) mass is 254 g/mol. The fraction of sp³-hybridized carbons (Fsp3) is 0.267. The second kappa shape index (κ2) is 4.69. The zero-order valence-electron chi connectivity index (χ0n) is 11.7. The molecule has 1 heterocycles. The van der Waals surface area contributed by atoms with E-state index >= 15 is 0 Å². The normalized spacial score (nSPS) is 10.3. The smallest absolute Gasteiger partial charge is 0.126 e. The lowest BCUT2D eigenvalue weighted by atomic mass is 10.2. The number of anilines is 2. The molecule has 0 unspecified atom stereocenters. The number of para-hydroxylation sites is 2. The van der Waals surface area contributed by atoms with Crippen LogP contribution in [0.25, 0.3) is 5.69 Å². The zero-order valence-corrected chi connectivity index (χ0v) is 11.7. The third-order valence-electron chi connectivity index (χ3n) is 3.47. The standard InChI is InChI=1S/C15H18N4/c1-10-11(2)19(15(17)12(10)9-16)14-8-6-5-7-13(14)18(3)4/h5-8H,17H2,1-4H3. The van der Waals surface area contributed by atoms with E-state index in [0.717, 1.165) is 22.6 Å². The summed E-state index contributed by atoms with van der Waals surface area (Å²) < 4.78 is 1.95.